The van der Waals surface area contributed by atoms with Crippen molar-refractivity contribution < 1.29 is 14.3 Å². The van der Waals surface area contributed by atoms with Gasteiger partial charge in [-0.15, -0.1) is 11.3 Å². The van der Waals surface area contributed by atoms with E-state index in [-0.39, 0.29) is 18.5 Å². The Bertz CT molecular complexity index is 780. The first-order valence-electron chi connectivity index (χ1n) is 8.92. The predicted octanol–water partition coefficient (Wildman–Crippen LogP) is 3.86. The number of hydrogen-bond acceptors (Lipinski definition) is 5. The molecule has 0 atom stereocenters. The number of hydrogen-bond donors (Lipinski definition) is 2. The van der Waals surface area contributed by atoms with Gasteiger partial charge in [0.2, 0.25) is 0 Å². The maximum atomic E-state index is 12.6. The fourth-order valence-corrected chi connectivity index (χ4v) is 3.14. The van der Waals surface area contributed by atoms with Crippen molar-refractivity contribution in [2.75, 3.05) is 32.1 Å². The second kappa shape index (κ2) is 11.0. The van der Waals surface area contributed by atoms with Gasteiger partial charge in [0.05, 0.1) is 13.2 Å². The Morgan fingerprint density at radius 1 is 1.29 bits per heavy atom. The minimum absolute atomic E-state index is 0.203. The highest BCUT2D eigenvalue weighted by Gasteiger charge is 2.18. The van der Waals surface area contributed by atoms with Gasteiger partial charge < -0.3 is 20.3 Å². The molecule has 2 aromatic rings. The summed E-state index contributed by atoms with van der Waals surface area (Å²) >= 11 is 7.22. The number of aromatic nitrogens is 1. The van der Waals surface area contributed by atoms with E-state index < -0.39 is 0 Å². The van der Waals surface area contributed by atoms with Gasteiger partial charge in [0.15, 0.2) is 0 Å². The fraction of sp³-hybridized carbons (Fsp3) is 0.421. The van der Waals surface area contributed by atoms with Gasteiger partial charge in [0.1, 0.15) is 10.7 Å². The van der Waals surface area contributed by atoms with E-state index in [2.05, 4.69) is 15.6 Å². The van der Waals surface area contributed by atoms with Crippen LogP contribution in [0.25, 0.3) is 0 Å². The Labute approximate surface area is 174 Å². The van der Waals surface area contributed by atoms with Crippen molar-refractivity contribution in [2.24, 2.45) is 5.92 Å². The molecule has 0 aliphatic heterocycles. The Morgan fingerprint density at radius 3 is 2.64 bits per heavy atom. The van der Waals surface area contributed by atoms with E-state index >= 15 is 0 Å². The number of benzene rings is 1. The molecule has 1 heterocycles. The summed E-state index contributed by atoms with van der Waals surface area (Å²) in [6, 6.07) is 6.60. The summed E-state index contributed by atoms with van der Waals surface area (Å²) in [6.07, 6.45) is 0. The lowest BCUT2D eigenvalue weighted by atomic mass is 10.2. The monoisotopic (exact) mass is 424 g/mol. The number of ether oxygens (including phenoxy) is 1. The molecule has 0 unspecified atom stereocenters. The average Bonchev–Trinajstić information content (AvgIpc) is 3.13. The Balaban J connectivity index is 2.02. The van der Waals surface area contributed by atoms with Gasteiger partial charge in [-0.3, -0.25) is 4.79 Å². The third kappa shape index (κ3) is 7.10. The fourth-order valence-electron chi connectivity index (χ4n) is 2.23. The highest BCUT2D eigenvalue weighted by Crippen LogP contribution is 2.16. The quantitative estimate of drug-likeness (QED) is 0.640. The zero-order valence-corrected chi connectivity index (χ0v) is 17.8. The first kappa shape index (κ1) is 22.1. The van der Waals surface area contributed by atoms with Crippen LogP contribution >= 0.6 is 22.9 Å². The van der Waals surface area contributed by atoms with Crippen molar-refractivity contribution >= 4 is 40.6 Å². The number of rotatable bonds is 9. The van der Waals surface area contributed by atoms with Crippen molar-refractivity contribution in [1.82, 2.24) is 15.2 Å². The normalized spacial score (nSPS) is 10.8. The van der Waals surface area contributed by atoms with Crippen LogP contribution in [0.3, 0.4) is 0 Å². The molecular formula is C19H25ClN4O3S. The van der Waals surface area contributed by atoms with Crippen LogP contribution in [0.5, 0.6) is 0 Å². The lowest BCUT2D eigenvalue weighted by Gasteiger charge is -2.21. The predicted molar refractivity (Wildman–Crippen MR) is 112 cm³/mol. The average molecular weight is 425 g/mol. The molecule has 28 heavy (non-hydrogen) atoms. The molecule has 0 saturated carbocycles. The minimum Gasteiger partial charge on any atom is -0.383 e. The molecular weight excluding hydrogens is 400 g/mol. The molecule has 0 spiro atoms. The topological polar surface area (TPSA) is 83.6 Å². The summed E-state index contributed by atoms with van der Waals surface area (Å²) in [5.74, 6) is 0.161. The second-order valence-corrected chi connectivity index (χ2v) is 7.96. The Morgan fingerprint density at radius 2 is 2.00 bits per heavy atom. The summed E-state index contributed by atoms with van der Waals surface area (Å²) in [5.41, 5.74) is 1.01. The summed E-state index contributed by atoms with van der Waals surface area (Å²) in [5, 5.41) is 8.65. The third-order valence-corrected chi connectivity index (χ3v) is 4.81. The van der Waals surface area contributed by atoms with Gasteiger partial charge in [-0.2, -0.15) is 0 Å². The summed E-state index contributed by atoms with van der Waals surface area (Å²) in [6.45, 7) is 5.71. The standard InChI is InChI=1S/C19H25ClN4O3S/c1-13(2)10-21-18(25)16-12-28-17(23-16)11-24(8-9-27-3)19(26)22-15-6-4-14(20)5-7-15/h4-7,12-13H,8-11H2,1-3H3,(H,21,25)(H,22,26). The molecule has 2 rings (SSSR count). The van der Waals surface area contributed by atoms with Crippen LogP contribution in [0.1, 0.15) is 29.3 Å². The number of carbonyl (C=O) groups excluding carboxylic acids is 2. The minimum atomic E-state index is -0.277. The van der Waals surface area contributed by atoms with E-state index in [0.29, 0.717) is 47.0 Å². The molecule has 9 heteroatoms. The number of carbonyl (C=O) groups is 2. The molecule has 3 amide bonds. The van der Waals surface area contributed by atoms with Crippen molar-refractivity contribution in [3.8, 4) is 0 Å². The van der Waals surface area contributed by atoms with Crippen molar-refractivity contribution in [1.29, 1.82) is 0 Å². The number of nitrogens with zero attached hydrogens (tertiary/aromatic N) is 2. The van der Waals surface area contributed by atoms with E-state index in [0.717, 1.165) is 0 Å². The van der Waals surface area contributed by atoms with E-state index in [4.69, 9.17) is 16.3 Å². The highest BCUT2D eigenvalue weighted by atomic mass is 35.5. The van der Waals surface area contributed by atoms with E-state index in [1.807, 2.05) is 13.8 Å². The van der Waals surface area contributed by atoms with E-state index in [9.17, 15) is 9.59 Å². The van der Waals surface area contributed by atoms with Crippen molar-refractivity contribution in [3.63, 3.8) is 0 Å². The summed E-state index contributed by atoms with van der Waals surface area (Å²) in [4.78, 5) is 30.7. The lowest BCUT2D eigenvalue weighted by molar-refractivity contribution is 0.0944. The number of thiazole rings is 1. The van der Waals surface area contributed by atoms with Crippen LogP contribution in [0.2, 0.25) is 5.02 Å². The number of anilines is 1. The van der Waals surface area contributed by atoms with Crippen LogP contribution < -0.4 is 10.6 Å². The number of halogens is 1. The molecule has 0 aliphatic carbocycles. The van der Waals surface area contributed by atoms with Crippen LogP contribution in [-0.2, 0) is 11.3 Å². The van der Waals surface area contributed by atoms with Gasteiger partial charge in [0, 0.05) is 36.3 Å². The molecule has 1 aromatic heterocycles. The maximum Gasteiger partial charge on any atom is 0.322 e. The van der Waals surface area contributed by atoms with E-state index in [1.165, 1.54) is 11.3 Å². The van der Waals surface area contributed by atoms with Gasteiger partial charge >= 0.3 is 6.03 Å². The molecule has 0 radical (unpaired) electrons. The molecule has 0 aliphatic rings. The molecule has 152 valence electrons. The summed E-state index contributed by atoms with van der Waals surface area (Å²) in [7, 11) is 1.58. The van der Waals surface area contributed by atoms with Gasteiger partial charge in [-0.05, 0) is 30.2 Å². The lowest BCUT2D eigenvalue weighted by Crippen LogP contribution is -2.36. The zero-order valence-electron chi connectivity index (χ0n) is 16.2. The molecule has 0 fully saturated rings. The molecule has 1 aromatic carbocycles. The van der Waals surface area contributed by atoms with Gasteiger partial charge in [0.25, 0.3) is 5.91 Å². The smallest absolute Gasteiger partial charge is 0.322 e. The highest BCUT2D eigenvalue weighted by molar-refractivity contribution is 7.09. The second-order valence-electron chi connectivity index (χ2n) is 6.58. The number of urea groups is 1. The summed E-state index contributed by atoms with van der Waals surface area (Å²) < 4.78 is 5.10. The van der Waals surface area contributed by atoms with Crippen LogP contribution in [0.4, 0.5) is 10.5 Å². The molecule has 2 N–H and O–H groups in total. The number of methoxy groups -OCH3 is 1. The van der Waals surface area contributed by atoms with Crippen molar-refractivity contribution in [3.05, 3.63) is 45.4 Å². The Kier molecular flexibility index (Phi) is 8.69. The zero-order chi connectivity index (χ0) is 20.5. The first-order valence-corrected chi connectivity index (χ1v) is 10.2. The van der Waals surface area contributed by atoms with E-state index in [1.54, 1.807) is 41.7 Å². The van der Waals surface area contributed by atoms with Crippen LogP contribution in [0, 0.1) is 5.92 Å². The first-order chi connectivity index (χ1) is 13.4. The molecule has 0 saturated heterocycles. The SMILES string of the molecule is COCCN(Cc1nc(C(=O)NCC(C)C)cs1)C(=O)Nc1ccc(Cl)cc1. The maximum absolute atomic E-state index is 12.6. The van der Waals surface area contributed by atoms with Crippen LogP contribution in [0.15, 0.2) is 29.6 Å². The van der Waals surface area contributed by atoms with Crippen molar-refractivity contribution in [2.45, 2.75) is 20.4 Å². The number of amides is 3. The third-order valence-electron chi connectivity index (χ3n) is 3.73. The largest absolute Gasteiger partial charge is 0.383 e. The Hall–Kier alpha value is -2.16. The molecule has 7 nitrogen and oxygen atoms in total. The number of nitrogens with one attached hydrogen (secondary N) is 2. The van der Waals surface area contributed by atoms with Gasteiger partial charge in [-0.1, -0.05) is 25.4 Å². The van der Waals surface area contributed by atoms with Crippen LogP contribution in [-0.4, -0.2) is 48.6 Å². The van der Waals surface area contributed by atoms with Gasteiger partial charge in [-0.25, -0.2) is 9.78 Å². The molecule has 0 bridgehead atoms.